The van der Waals surface area contributed by atoms with E-state index in [4.69, 9.17) is 4.74 Å². The normalized spacial score (nSPS) is 15.8. The summed E-state index contributed by atoms with van der Waals surface area (Å²) < 4.78 is 45.0. The van der Waals surface area contributed by atoms with Gasteiger partial charge in [0.25, 0.3) is 0 Å². The molecule has 2 heterocycles. The number of urea groups is 1. The molecule has 2 aromatic rings. The van der Waals surface area contributed by atoms with Crippen molar-refractivity contribution >= 4 is 23.2 Å². The van der Waals surface area contributed by atoms with Crippen LogP contribution in [-0.2, 0) is 10.9 Å². The Morgan fingerprint density at radius 2 is 1.58 bits per heavy atom. The number of quaternary nitrogens is 2. The van der Waals surface area contributed by atoms with E-state index in [1.807, 2.05) is 12.1 Å². The highest BCUT2D eigenvalue weighted by Crippen LogP contribution is 2.36. The number of hydrogen-bond donors (Lipinski definition) is 0. The quantitative estimate of drug-likeness (QED) is 0.674. The predicted molar refractivity (Wildman–Crippen MR) is 116 cm³/mol. The van der Waals surface area contributed by atoms with Gasteiger partial charge in [0.1, 0.15) is 11.5 Å². The highest BCUT2D eigenvalue weighted by Gasteiger charge is 2.46. The molecule has 0 N–H and O–H groups in total. The van der Waals surface area contributed by atoms with Gasteiger partial charge in [-0.15, -0.1) is 0 Å². The summed E-state index contributed by atoms with van der Waals surface area (Å²) in [7, 11) is 6.63. The Morgan fingerprint density at radius 1 is 1.00 bits per heavy atom. The minimum atomic E-state index is -4.48. The first-order valence-corrected chi connectivity index (χ1v) is 10.1. The second-order valence-corrected chi connectivity index (χ2v) is 8.66. The van der Waals surface area contributed by atoms with E-state index in [2.05, 4.69) is 9.88 Å². The number of benzene rings is 1. The van der Waals surface area contributed by atoms with Gasteiger partial charge < -0.3 is 9.64 Å². The van der Waals surface area contributed by atoms with Crippen molar-refractivity contribution in [2.75, 3.05) is 59.4 Å². The number of anilines is 1. The van der Waals surface area contributed by atoms with Crippen molar-refractivity contribution in [3.63, 3.8) is 0 Å². The van der Waals surface area contributed by atoms with Crippen LogP contribution in [0, 0.1) is 6.92 Å². The van der Waals surface area contributed by atoms with Crippen molar-refractivity contribution in [1.82, 2.24) is 14.0 Å². The summed E-state index contributed by atoms with van der Waals surface area (Å²) in [5.41, 5.74) is 0.314. The molecular weight excluding hydrogens is 409 g/mol. The molecule has 0 unspecified atom stereocenters. The van der Waals surface area contributed by atoms with E-state index in [1.165, 1.54) is 13.0 Å². The molecule has 1 saturated heterocycles. The van der Waals surface area contributed by atoms with Gasteiger partial charge in [0.15, 0.2) is 5.69 Å². The molecule has 6 nitrogen and oxygen atoms in total. The SMILES string of the molecule is Cc1ccc([N+](C)(C)C(=O)[N+](C)(C)c2ccc(N3CCOCC3)nc2)cc1C(F)(F)F. The molecule has 2 amide bonds. The molecule has 1 aliphatic heterocycles. The highest BCUT2D eigenvalue weighted by molar-refractivity contribution is 5.94. The summed E-state index contributed by atoms with van der Waals surface area (Å²) in [6, 6.07) is 7.45. The van der Waals surface area contributed by atoms with Gasteiger partial charge in [-0.25, -0.2) is 4.98 Å². The average molecular weight is 438 g/mol. The molecule has 0 radical (unpaired) electrons. The Kier molecular flexibility index (Phi) is 6.14. The van der Waals surface area contributed by atoms with E-state index in [-0.39, 0.29) is 26.2 Å². The van der Waals surface area contributed by atoms with Crippen LogP contribution in [0.3, 0.4) is 0 Å². The van der Waals surface area contributed by atoms with Gasteiger partial charge in [0.2, 0.25) is 0 Å². The Bertz CT molecular complexity index is 950. The monoisotopic (exact) mass is 438 g/mol. The second kappa shape index (κ2) is 8.22. The zero-order valence-corrected chi connectivity index (χ0v) is 18.5. The fourth-order valence-corrected chi connectivity index (χ4v) is 3.80. The molecule has 0 saturated carbocycles. The summed E-state index contributed by atoms with van der Waals surface area (Å²) >= 11 is 0. The van der Waals surface area contributed by atoms with Crippen molar-refractivity contribution in [2.45, 2.75) is 13.1 Å². The van der Waals surface area contributed by atoms with Crippen LogP contribution >= 0.6 is 0 Å². The number of aryl methyl sites for hydroxylation is 1. The summed E-state index contributed by atoms with van der Waals surface area (Å²) in [5.74, 6) is 0.807. The number of pyridine rings is 1. The van der Waals surface area contributed by atoms with E-state index >= 15 is 0 Å². The van der Waals surface area contributed by atoms with Crippen molar-refractivity contribution < 1.29 is 22.7 Å². The summed E-state index contributed by atoms with van der Waals surface area (Å²) in [6.45, 7) is 4.21. The van der Waals surface area contributed by atoms with Gasteiger partial charge >= 0.3 is 12.2 Å². The van der Waals surface area contributed by atoms with Gasteiger partial charge in [-0.05, 0) is 18.6 Å². The van der Waals surface area contributed by atoms with Crippen LogP contribution in [0.4, 0.5) is 35.2 Å². The summed E-state index contributed by atoms with van der Waals surface area (Å²) in [5, 5.41) is 0. The van der Waals surface area contributed by atoms with Crippen LogP contribution in [0.25, 0.3) is 0 Å². The molecule has 0 bridgehead atoms. The first kappa shape index (κ1) is 23.2. The minimum absolute atomic E-state index is 0.125. The molecule has 1 fully saturated rings. The number of alkyl halides is 3. The number of aromatic nitrogens is 1. The largest absolute Gasteiger partial charge is 0.523 e. The molecule has 0 aliphatic carbocycles. The average Bonchev–Trinajstić information content (AvgIpc) is 2.73. The third kappa shape index (κ3) is 4.58. The zero-order valence-electron chi connectivity index (χ0n) is 18.5. The first-order chi connectivity index (χ1) is 14.3. The summed E-state index contributed by atoms with van der Waals surface area (Å²) in [6.07, 6.45) is -2.83. The van der Waals surface area contributed by atoms with Crippen molar-refractivity contribution in [1.29, 1.82) is 0 Å². The van der Waals surface area contributed by atoms with Gasteiger partial charge in [0, 0.05) is 31.3 Å². The van der Waals surface area contributed by atoms with E-state index < -0.39 is 11.7 Å². The van der Waals surface area contributed by atoms with E-state index in [0.29, 0.717) is 18.9 Å². The topological polar surface area (TPSA) is 42.4 Å². The van der Waals surface area contributed by atoms with Crippen LogP contribution in [0.15, 0.2) is 36.5 Å². The van der Waals surface area contributed by atoms with E-state index in [1.54, 1.807) is 40.5 Å². The maximum Gasteiger partial charge on any atom is 0.523 e. The number of amides is 2. The zero-order chi connectivity index (χ0) is 23.0. The lowest BCUT2D eigenvalue weighted by molar-refractivity contribution is -0.138. The molecule has 1 aliphatic rings. The number of morpholine rings is 1. The van der Waals surface area contributed by atoms with Crippen LogP contribution in [0.1, 0.15) is 11.1 Å². The smallest absolute Gasteiger partial charge is 0.378 e. The fourth-order valence-electron chi connectivity index (χ4n) is 3.80. The van der Waals surface area contributed by atoms with Gasteiger partial charge in [-0.1, -0.05) is 6.07 Å². The number of ether oxygens (including phenoxy) is 1. The standard InChI is InChI=1S/C22H29F3N4O2/c1-16-6-7-17(14-19(16)22(23,24)25)28(2,3)21(30)29(4,5)18-8-9-20(26-15-18)27-10-12-31-13-11-27/h6-9,14-15H,10-13H2,1-5H3/q+2. The number of rotatable bonds is 3. The highest BCUT2D eigenvalue weighted by atomic mass is 19.4. The van der Waals surface area contributed by atoms with Gasteiger partial charge in [-0.2, -0.15) is 26.9 Å². The van der Waals surface area contributed by atoms with Crippen LogP contribution < -0.4 is 13.9 Å². The molecule has 0 atom stereocenters. The minimum Gasteiger partial charge on any atom is -0.378 e. The van der Waals surface area contributed by atoms with Crippen molar-refractivity contribution in [3.8, 4) is 0 Å². The Labute approximate surface area is 180 Å². The number of halogens is 3. The Morgan fingerprint density at radius 3 is 2.13 bits per heavy atom. The number of carbonyl (C=O) groups excluding carboxylic acids is 1. The number of hydrogen-bond acceptors (Lipinski definition) is 4. The molecule has 9 heteroatoms. The van der Waals surface area contributed by atoms with Crippen molar-refractivity contribution in [2.24, 2.45) is 0 Å². The molecule has 0 spiro atoms. The third-order valence-electron chi connectivity index (χ3n) is 5.84. The lowest BCUT2D eigenvalue weighted by Gasteiger charge is -2.34. The van der Waals surface area contributed by atoms with E-state index in [9.17, 15) is 18.0 Å². The first-order valence-electron chi connectivity index (χ1n) is 10.1. The Balaban J connectivity index is 1.89. The molecule has 3 rings (SSSR count). The maximum atomic E-state index is 13.5. The van der Waals surface area contributed by atoms with Gasteiger partial charge in [0.05, 0.1) is 53.2 Å². The molecule has 31 heavy (non-hydrogen) atoms. The molecule has 1 aromatic carbocycles. The lowest BCUT2D eigenvalue weighted by atomic mass is 10.1. The maximum absolute atomic E-state index is 13.5. The number of carbonyl (C=O) groups is 1. The van der Waals surface area contributed by atoms with Crippen molar-refractivity contribution in [3.05, 3.63) is 47.7 Å². The molecular formula is C22H29F3N4O2+2. The Hall–Kier alpha value is -2.49. The van der Waals surface area contributed by atoms with Gasteiger partial charge in [-0.3, -0.25) is 0 Å². The fraction of sp³-hybridized carbons (Fsp3) is 0.455. The molecule has 1 aromatic heterocycles. The summed E-state index contributed by atoms with van der Waals surface area (Å²) in [4.78, 5) is 20.2. The van der Waals surface area contributed by atoms with E-state index in [0.717, 1.165) is 25.0 Å². The predicted octanol–water partition coefficient (Wildman–Crippen LogP) is 4.20. The second-order valence-electron chi connectivity index (χ2n) is 8.66. The van der Waals surface area contributed by atoms with Crippen LogP contribution in [0.2, 0.25) is 0 Å². The number of nitrogens with zero attached hydrogens (tertiary/aromatic N) is 4. The molecule has 168 valence electrons. The lowest BCUT2D eigenvalue weighted by Crippen LogP contribution is -2.62. The van der Waals surface area contributed by atoms with Crippen LogP contribution in [-0.4, -0.2) is 65.5 Å². The third-order valence-corrected chi connectivity index (χ3v) is 5.84. The van der Waals surface area contributed by atoms with Crippen LogP contribution in [0.5, 0.6) is 0 Å².